The molecule has 7 nitrogen and oxygen atoms in total. The number of rotatable bonds is 11. The van der Waals surface area contributed by atoms with Gasteiger partial charge in [0.25, 0.3) is 5.89 Å². The fraction of sp³-hybridized carbons (Fsp3) is 0.391. The van der Waals surface area contributed by atoms with Gasteiger partial charge >= 0.3 is 0 Å². The van der Waals surface area contributed by atoms with Gasteiger partial charge in [-0.05, 0) is 38.5 Å². The predicted molar refractivity (Wildman–Crippen MR) is 121 cm³/mol. The van der Waals surface area contributed by atoms with Gasteiger partial charge in [-0.3, -0.25) is 4.90 Å². The van der Waals surface area contributed by atoms with Crippen LogP contribution in [0.4, 0.5) is 0 Å². The van der Waals surface area contributed by atoms with Crippen LogP contribution in [0.15, 0.2) is 59.1 Å². The molecule has 8 heteroatoms. The Bertz CT molecular complexity index is 905. The molecule has 3 aromatic rings. The summed E-state index contributed by atoms with van der Waals surface area (Å²) in [6, 6.07) is 17.9. The zero-order chi connectivity index (χ0) is 21.3. The highest BCUT2D eigenvalue weighted by Gasteiger charge is 2.17. The number of aliphatic hydroxyl groups is 1. The number of hydrogen-bond donors (Lipinski definition) is 1. The zero-order valence-electron chi connectivity index (χ0n) is 18.1. The van der Waals surface area contributed by atoms with Gasteiger partial charge in [0, 0.05) is 19.1 Å². The van der Waals surface area contributed by atoms with Crippen molar-refractivity contribution in [2.45, 2.75) is 46.1 Å². The summed E-state index contributed by atoms with van der Waals surface area (Å²) < 4.78 is 16.7. The SMILES string of the molecule is Cc1noc(COc2ccccc2OCC(O)CN(Cc2ccccc2)C(C)C)n1.Cl. The first kappa shape index (κ1) is 24.7. The second-order valence-corrected chi connectivity index (χ2v) is 7.44. The van der Waals surface area contributed by atoms with Crippen LogP contribution in [0.5, 0.6) is 11.5 Å². The standard InChI is InChI=1S/C23H29N3O4.ClH/c1-17(2)26(13-19-9-5-4-6-10-19)14-20(27)15-28-21-11-7-8-12-22(21)29-16-23-24-18(3)25-30-23;/h4-12,17,20,27H,13-16H2,1-3H3;1H. The van der Waals surface area contributed by atoms with Crippen LogP contribution in [-0.2, 0) is 13.2 Å². The van der Waals surface area contributed by atoms with Crippen molar-refractivity contribution >= 4 is 12.4 Å². The highest BCUT2D eigenvalue weighted by atomic mass is 35.5. The molecule has 1 atom stereocenters. The lowest BCUT2D eigenvalue weighted by atomic mass is 10.1. The van der Waals surface area contributed by atoms with Gasteiger partial charge < -0.3 is 19.1 Å². The van der Waals surface area contributed by atoms with E-state index in [0.29, 0.717) is 35.8 Å². The third-order valence-corrected chi connectivity index (χ3v) is 4.61. The molecular formula is C23H30ClN3O4. The number of benzene rings is 2. The molecule has 0 amide bonds. The Morgan fingerprint density at radius 2 is 1.65 bits per heavy atom. The van der Waals surface area contributed by atoms with E-state index in [1.807, 2.05) is 36.4 Å². The Balaban J connectivity index is 0.00000341. The molecule has 0 fully saturated rings. The third kappa shape index (κ3) is 7.86. The van der Waals surface area contributed by atoms with Crippen molar-refractivity contribution in [3.05, 3.63) is 71.9 Å². The summed E-state index contributed by atoms with van der Waals surface area (Å²) in [5.41, 5.74) is 1.22. The molecule has 1 unspecified atom stereocenters. The molecular weight excluding hydrogens is 418 g/mol. The van der Waals surface area contributed by atoms with Gasteiger partial charge in [0.1, 0.15) is 12.7 Å². The summed E-state index contributed by atoms with van der Waals surface area (Å²) in [6.07, 6.45) is -0.636. The first-order valence-corrected chi connectivity index (χ1v) is 10.1. The van der Waals surface area contributed by atoms with Crippen molar-refractivity contribution < 1.29 is 19.1 Å². The molecule has 0 spiro atoms. The molecule has 31 heavy (non-hydrogen) atoms. The fourth-order valence-corrected chi connectivity index (χ4v) is 3.01. The minimum atomic E-state index is -0.636. The molecule has 0 saturated heterocycles. The van der Waals surface area contributed by atoms with Crippen LogP contribution in [0.1, 0.15) is 31.1 Å². The van der Waals surface area contributed by atoms with Gasteiger partial charge in [-0.1, -0.05) is 47.6 Å². The Labute approximate surface area is 189 Å². The Morgan fingerprint density at radius 3 is 2.26 bits per heavy atom. The average molecular weight is 448 g/mol. The maximum atomic E-state index is 10.6. The van der Waals surface area contributed by atoms with E-state index in [2.05, 4.69) is 41.0 Å². The molecule has 2 aromatic carbocycles. The van der Waals surface area contributed by atoms with Crippen LogP contribution < -0.4 is 9.47 Å². The molecule has 3 rings (SSSR count). The van der Waals surface area contributed by atoms with Gasteiger partial charge in [-0.2, -0.15) is 4.98 Å². The third-order valence-electron chi connectivity index (χ3n) is 4.61. The van der Waals surface area contributed by atoms with Gasteiger partial charge in [0.2, 0.25) is 0 Å². The Kier molecular flexibility index (Phi) is 9.78. The number of hydrogen-bond acceptors (Lipinski definition) is 7. The largest absolute Gasteiger partial charge is 0.487 e. The van der Waals surface area contributed by atoms with E-state index in [9.17, 15) is 5.11 Å². The second-order valence-electron chi connectivity index (χ2n) is 7.44. The minimum Gasteiger partial charge on any atom is -0.487 e. The molecule has 0 bridgehead atoms. The predicted octanol–water partition coefficient (Wildman–Crippen LogP) is 4.03. The van der Waals surface area contributed by atoms with Gasteiger partial charge in [0.15, 0.2) is 23.9 Å². The Morgan fingerprint density at radius 1 is 1.00 bits per heavy atom. The molecule has 0 aliphatic carbocycles. The lowest BCUT2D eigenvalue weighted by Gasteiger charge is -2.29. The normalized spacial score (nSPS) is 11.9. The number of aryl methyl sites for hydroxylation is 1. The van der Waals surface area contributed by atoms with Crippen LogP contribution in [0.3, 0.4) is 0 Å². The first-order chi connectivity index (χ1) is 14.5. The molecule has 1 N–H and O–H groups in total. The molecule has 0 saturated carbocycles. The van der Waals surface area contributed by atoms with Crippen LogP contribution in [0.2, 0.25) is 0 Å². The van der Waals surface area contributed by atoms with Gasteiger partial charge in [0.05, 0.1) is 0 Å². The highest BCUT2D eigenvalue weighted by molar-refractivity contribution is 5.85. The topological polar surface area (TPSA) is 80.9 Å². The van der Waals surface area contributed by atoms with Crippen LogP contribution >= 0.6 is 12.4 Å². The van der Waals surface area contributed by atoms with Crippen LogP contribution in [0.25, 0.3) is 0 Å². The van der Waals surface area contributed by atoms with Crippen molar-refractivity contribution in [2.24, 2.45) is 0 Å². The van der Waals surface area contributed by atoms with Gasteiger partial charge in [-0.25, -0.2) is 0 Å². The number of nitrogens with zero attached hydrogens (tertiary/aromatic N) is 3. The number of aromatic nitrogens is 2. The number of para-hydroxylation sites is 2. The van der Waals surface area contributed by atoms with Gasteiger partial charge in [-0.15, -0.1) is 12.4 Å². The van der Waals surface area contributed by atoms with Crippen molar-refractivity contribution in [2.75, 3.05) is 13.2 Å². The van der Waals surface area contributed by atoms with Crippen molar-refractivity contribution in [3.8, 4) is 11.5 Å². The van der Waals surface area contributed by atoms with E-state index in [4.69, 9.17) is 14.0 Å². The minimum absolute atomic E-state index is 0. The first-order valence-electron chi connectivity index (χ1n) is 10.1. The zero-order valence-corrected chi connectivity index (χ0v) is 18.9. The lowest BCUT2D eigenvalue weighted by molar-refractivity contribution is 0.0530. The molecule has 0 aliphatic rings. The quantitative estimate of drug-likeness (QED) is 0.475. The average Bonchev–Trinajstić information content (AvgIpc) is 3.16. The maximum Gasteiger partial charge on any atom is 0.264 e. The fourth-order valence-electron chi connectivity index (χ4n) is 3.01. The van der Waals surface area contributed by atoms with E-state index in [1.165, 1.54) is 5.56 Å². The summed E-state index contributed by atoms with van der Waals surface area (Å²) in [4.78, 5) is 6.35. The lowest BCUT2D eigenvalue weighted by Crippen LogP contribution is -2.39. The summed E-state index contributed by atoms with van der Waals surface area (Å²) in [7, 11) is 0. The summed E-state index contributed by atoms with van der Waals surface area (Å²) in [6.45, 7) is 7.61. The highest BCUT2D eigenvalue weighted by Crippen LogP contribution is 2.27. The van der Waals surface area contributed by atoms with Crippen LogP contribution in [0, 0.1) is 6.92 Å². The number of ether oxygens (including phenoxy) is 2. The smallest absolute Gasteiger partial charge is 0.264 e. The summed E-state index contributed by atoms with van der Waals surface area (Å²) in [5.74, 6) is 2.08. The molecule has 168 valence electrons. The van der Waals surface area contributed by atoms with E-state index in [1.54, 1.807) is 13.0 Å². The monoisotopic (exact) mass is 447 g/mol. The molecule has 1 aromatic heterocycles. The number of aliphatic hydroxyl groups excluding tert-OH is 1. The maximum absolute atomic E-state index is 10.6. The summed E-state index contributed by atoms with van der Waals surface area (Å²) >= 11 is 0. The van der Waals surface area contributed by atoms with Crippen molar-refractivity contribution in [1.29, 1.82) is 0 Å². The van der Waals surface area contributed by atoms with Crippen LogP contribution in [-0.4, -0.2) is 45.4 Å². The summed E-state index contributed by atoms with van der Waals surface area (Å²) in [5, 5.41) is 14.3. The van der Waals surface area contributed by atoms with Crippen molar-refractivity contribution in [1.82, 2.24) is 15.0 Å². The molecule has 0 radical (unpaired) electrons. The molecule has 0 aliphatic heterocycles. The molecule has 1 heterocycles. The van der Waals surface area contributed by atoms with E-state index >= 15 is 0 Å². The van der Waals surface area contributed by atoms with E-state index in [-0.39, 0.29) is 25.6 Å². The van der Waals surface area contributed by atoms with E-state index in [0.717, 1.165) is 6.54 Å². The second kappa shape index (κ2) is 12.3. The van der Waals surface area contributed by atoms with Crippen molar-refractivity contribution in [3.63, 3.8) is 0 Å². The Hall–Kier alpha value is -2.61. The van der Waals surface area contributed by atoms with E-state index < -0.39 is 6.10 Å². The number of halogens is 1.